The molecule has 0 fully saturated rings. The summed E-state index contributed by atoms with van der Waals surface area (Å²) in [5.41, 5.74) is 1.14. The van der Waals surface area contributed by atoms with E-state index in [4.69, 9.17) is 25.9 Å². The fourth-order valence-corrected chi connectivity index (χ4v) is 2.39. The monoisotopic (exact) mass is 337 g/mol. The van der Waals surface area contributed by atoms with Crippen LogP contribution in [-0.4, -0.2) is 30.6 Å². The van der Waals surface area contributed by atoms with E-state index in [9.17, 15) is 9.59 Å². The number of amides is 1. The van der Waals surface area contributed by atoms with Crippen molar-refractivity contribution < 1.29 is 23.8 Å². The van der Waals surface area contributed by atoms with Crippen LogP contribution in [0.15, 0.2) is 34.7 Å². The van der Waals surface area contributed by atoms with Crippen molar-refractivity contribution in [3.05, 3.63) is 58.0 Å². The van der Waals surface area contributed by atoms with E-state index in [2.05, 4.69) is 5.32 Å². The van der Waals surface area contributed by atoms with Crippen LogP contribution in [0.4, 0.5) is 0 Å². The molecule has 1 atom stereocenters. The number of carbonyl (C=O) groups is 2. The van der Waals surface area contributed by atoms with Crippen molar-refractivity contribution in [1.29, 1.82) is 0 Å². The van der Waals surface area contributed by atoms with Gasteiger partial charge in [-0.05, 0) is 19.1 Å². The van der Waals surface area contributed by atoms with Crippen molar-refractivity contribution in [2.45, 2.75) is 13.0 Å². The number of hydrogen-bond acceptors (Lipinski definition) is 4. The van der Waals surface area contributed by atoms with Crippen LogP contribution in [0.5, 0.6) is 0 Å². The van der Waals surface area contributed by atoms with Crippen molar-refractivity contribution in [2.75, 3.05) is 13.7 Å². The maximum absolute atomic E-state index is 12.1. The first-order chi connectivity index (χ1) is 10.9. The summed E-state index contributed by atoms with van der Waals surface area (Å²) < 4.78 is 10.4. The van der Waals surface area contributed by atoms with Crippen molar-refractivity contribution in [3.63, 3.8) is 0 Å². The Hall–Kier alpha value is -2.31. The summed E-state index contributed by atoms with van der Waals surface area (Å²) >= 11 is 6.11. The lowest BCUT2D eigenvalue weighted by atomic mass is 10.1. The molecule has 1 amide bonds. The highest BCUT2D eigenvalue weighted by molar-refractivity contribution is 6.31. The largest absolute Gasteiger partial charge is 0.475 e. The van der Waals surface area contributed by atoms with Crippen LogP contribution in [0.2, 0.25) is 5.02 Å². The van der Waals surface area contributed by atoms with Crippen LogP contribution in [-0.2, 0) is 4.74 Å². The highest BCUT2D eigenvalue weighted by Gasteiger charge is 2.20. The lowest BCUT2D eigenvalue weighted by Crippen LogP contribution is -2.29. The molecule has 2 rings (SSSR count). The Kier molecular flexibility index (Phi) is 5.41. The standard InChI is InChI=1S/C16H16ClNO5/c1-9-7-12(23-14(9)16(20)21)15(19)18-8-13(22-2)10-5-3-4-6-11(10)17/h3-7,13H,8H2,1-2H3,(H,18,19)(H,20,21). The zero-order valence-electron chi connectivity index (χ0n) is 12.6. The molecular weight excluding hydrogens is 322 g/mol. The van der Waals surface area contributed by atoms with Gasteiger partial charge in [-0.3, -0.25) is 4.79 Å². The van der Waals surface area contributed by atoms with Crippen molar-refractivity contribution in [3.8, 4) is 0 Å². The van der Waals surface area contributed by atoms with E-state index in [1.165, 1.54) is 13.2 Å². The second-order valence-corrected chi connectivity index (χ2v) is 5.29. The minimum atomic E-state index is -1.22. The summed E-state index contributed by atoms with van der Waals surface area (Å²) in [4.78, 5) is 23.0. The van der Waals surface area contributed by atoms with Gasteiger partial charge < -0.3 is 19.6 Å². The number of rotatable bonds is 6. The molecule has 2 aromatic rings. The van der Waals surface area contributed by atoms with E-state index in [1.807, 2.05) is 12.1 Å². The number of furan rings is 1. The maximum atomic E-state index is 12.1. The minimum absolute atomic E-state index is 0.0612. The fraction of sp³-hybridized carbons (Fsp3) is 0.250. The number of methoxy groups -OCH3 is 1. The molecule has 6 nitrogen and oxygen atoms in total. The molecule has 0 aliphatic rings. The molecule has 0 saturated carbocycles. The van der Waals surface area contributed by atoms with Crippen LogP contribution < -0.4 is 5.32 Å². The molecule has 1 unspecified atom stereocenters. The summed E-state index contributed by atoms with van der Waals surface area (Å²) in [5, 5.41) is 12.1. The van der Waals surface area contributed by atoms with Gasteiger partial charge in [0, 0.05) is 29.8 Å². The number of halogens is 1. The van der Waals surface area contributed by atoms with E-state index in [-0.39, 0.29) is 18.1 Å². The lowest BCUT2D eigenvalue weighted by Gasteiger charge is -2.17. The fourth-order valence-electron chi connectivity index (χ4n) is 2.14. The number of carboxylic acids is 1. The average molecular weight is 338 g/mol. The molecule has 122 valence electrons. The molecular formula is C16H16ClNO5. The van der Waals surface area contributed by atoms with Gasteiger partial charge in [-0.15, -0.1) is 0 Å². The topological polar surface area (TPSA) is 88.8 Å². The molecule has 0 spiro atoms. The Morgan fingerprint density at radius 3 is 2.65 bits per heavy atom. The number of aryl methyl sites for hydroxylation is 1. The Morgan fingerprint density at radius 2 is 2.09 bits per heavy atom. The van der Waals surface area contributed by atoms with Gasteiger partial charge in [0.2, 0.25) is 5.76 Å². The van der Waals surface area contributed by atoms with Crippen LogP contribution in [0, 0.1) is 6.92 Å². The van der Waals surface area contributed by atoms with Crippen LogP contribution in [0.1, 0.15) is 38.3 Å². The number of hydrogen-bond donors (Lipinski definition) is 2. The van der Waals surface area contributed by atoms with Gasteiger partial charge in [0.25, 0.3) is 5.91 Å². The molecule has 1 heterocycles. The average Bonchev–Trinajstić information content (AvgIpc) is 2.91. The Balaban J connectivity index is 2.07. The number of benzene rings is 1. The van der Waals surface area contributed by atoms with E-state index in [0.717, 1.165) is 5.56 Å². The smallest absolute Gasteiger partial charge is 0.372 e. The van der Waals surface area contributed by atoms with Gasteiger partial charge in [-0.25, -0.2) is 4.79 Å². The molecule has 0 saturated heterocycles. The third-order valence-electron chi connectivity index (χ3n) is 3.32. The second-order valence-electron chi connectivity index (χ2n) is 4.88. The molecule has 7 heteroatoms. The Labute approximate surface area is 138 Å². The van der Waals surface area contributed by atoms with E-state index < -0.39 is 18.0 Å². The minimum Gasteiger partial charge on any atom is -0.475 e. The zero-order valence-corrected chi connectivity index (χ0v) is 13.4. The van der Waals surface area contributed by atoms with Crippen molar-refractivity contribution in [2.24, 2.45) is 0 Å². The molecule has 1 aromatic carbocycles. The first-order valence-electron chi connectivity index (χ1n) is 6.83. The first kappa shape index (κ1) is 17.1. The zero-order chi connectivity index (χ0) is 17.0. The predicted molar refractivity (Wildman–Crippen MR) is 83.9 cm³/mol. The van der Waals surface area contributed by atoms with Crippen molar-refractivity contribution >= 4 is 23.5 Å². The molecule has 0 aliphatic carbocycles. The third-order valence-corrected chi connectivity index (χ3v) is 3.66. The molecule has 2 N–H and O–H groups in total. The van der Waals surface area contributed by atoms with E-state index >= 15 is 0 Å². The molecule has 0 aliphatic heterocycles. The number of ether oxygens (including phenoxy) is 1. The third kappa shape index (κ3) is 3.91. The molecule has 23 heavy (non-hydrogen) atoms. The summed E-state index contributed by atoms with van der Waals surface area (Å²) in [6.07, 6.45) is -0.428. The lowest BCUT2D eigenvalue weighted by molar-refractivity contribution is 0.0656. The number of carboxylic acid groups (broad SMARTS) is 1. The normalized spacial score (nSPS) is 12.0. The molecule has 0 bridgehead atoms. The Morgan fingerprint density at radius 1 is 1.39 bits per heavy atom. The number of nitrogens with one attached hydrogen (secondary N) is 1. The SMILES string of the molecule is COC(CNC(=O)c1cc(C)c(C(=O)O)o1)c1ccccc1Cl. The van der Waals surface area contributed by atoms with Crippen molar-refractivity contribution in [1.82, 2.24) is 5.32 Å². The van der Waals surface area contributed by atoms with Gasteiger partial charge >= 0.3 is 5.97 Å². The summed E-state index contributed by atoms with van der Waals surface area (Å²) in [6, 6.07) is 8.55. The van der Waals surface area contributed by atoms with Gasteiger partial charge in [0.1, 0.15) is 6.10 Å². The van der Waals surface area contributed by atoms with Crippen LogP contribution in [0.25, 0.3) is 0 Å². The quantitative estimate of drug-likeness (QED) is 0.845. The highest BCUT2D eigenvalue weighted by Crippen LogP contribution is 2.24. The van der Waals surface area contributed by atoms with E-state index in [1.54, 1.807) is 19.1 Å². The first-order valence-corrected chi connectivity index (χ1v) is 7.21. The summed E-state index contributed by atoms with van der Waals surface area (Å²) in [6.45, 7) is 1.73. The van der Waals surface area contributed by atoms with E-state index in [0.29, 0.717) is 10.6 Å². The summed E-state index contributed by atoms with van der Waals surface area (Å²) in [7, 11) is 1.51. The van der Waals surface area contributed by atoms with Gasteiger partial charge in [0.15, 0.2) is 5.76 Å². The van der Waals surface area contributed by atoms with Gasteiger partial charge in [0.05, 0.1) is 0 Å². The number of aromatic carboxylic acids is 1. The van der Waals surface area contributed by atoms with Crippen LogP contribution in [0.3, 0.4) is 0 Å². The molecule has 0 radical (unpaired) electrons. The highest BCUT2D eigenvalue weighted by atomic mass is 35.5. The maximum Gasteiger partial charge on any atom is 0.372 e. The van der Waals surface area contributed by atoms with Crippen LogP contribution >= 0.6 is 11.6 Å². The summed E-state index contributed by atoms with van der Waals surface area (Å²) in [5.74, 6) is -2.04. The molecule has 1 aromatic heterocycles. The Bertz CT molecular complexity index is 725. The number of carbonyl (C=O) groups excluding carboxylic acids is 1. The predicted octanol–water partition coefficient (Wildman–Crippen LogP) is 3.06. The second kappa shape index (κ2) is 7.30. The van der Waals surface area contributed by atoms with Gasteiger partial charge in [-0.1, -0.05) is 29.8 Å². The van der Waals surface area contributed by atoms with Gasteiger partial charge in [-0.2, -0.15) is 0 Å².